The first kappa shape index (κ1) is 27.1. The molecule has 0 rings (SSSR count). The molecule has 0 aromatic heterocycles. The van der Waals surface area contributed by atoms with Gasteiger partial charge in [-0.25, -0.2) is 4.79 Å². The third kappa shape index (κ3) is 9.92. The quantitative estimate of drug-likeness (QED) is 0.109. The van der Waals surface area contributed by atoms with Gasteiger partial charge in [0.15, 0.2) is 0 Å². The van der Waals surface area contributed by atoms with Gasteiger partial charge < -0.3 is 37.6 Å². The number of carbonyl (C=O) groups is 4. The maximum atomic E-state index is 12.6. The molecule has 0 saturated carbocycles. The van der Waals surface area contributed by atoms with E-state index in [1.165, 1.54) is 0 Å². The van der Waals surface area contributed by atoms with E-state index in [1.54, 1.807) is 13.8 Å². The summed E-state index contributed by atoms with van der Waals surface area (Å²) in [5.41, 5.74) is 10.9. The standard InChI is InChI=1S/C17H33N5O6S/c1-9(2)13(17(27)28)22-16(26)12(8-29)21-15(25)11(5-3-4-6-18)20-14(24)10(19)7-23/h9-13,23,29H,3-8,18-19H2,1-2H3,(H,20,24)(H,21,25)(H,22,26)(H,27,28). The van der Waals surface area contributed by atoms with Crippen molar-refractivity contribution in [3.63, 3.8) is 0 Å². The zero-order valence-electron chi connectivity index (χ0n) is 16.8. The molecule has 0 spiro atoms. The second-order valence-electron chi connectivity index (χ2n) is 6.95. The molecule has 0 radical (unpaired) electrons. The van der Waals surface area contributed by atoms with Gasteiger partial charge in [0, 0.05) is 5.75 Å². The van der Waals surface area contributed by atoms with E-state index < -0.39 is 54.5 Å². The van der Waals surface area contributed by atoms with Gasteiger partial charge in [-0.3, -0.25) is 14.4 Å². The van der Waals surface area contributed by atoms with Gasteiger partial charge in [0.1, 0.15) is 24.2 Å². The maximum absolute atomic E-state index is 12.6. The van der Waals surface area contributed by atoms with Crippen LogP contribution in [0.2, 0.25) is 0 Å². The summed E-state index contributed by atoms with van der Waals surface area (Å²) in [6, 6.07) is -4.41. The molecule has 0 aliphatic carbocycles. The molecule has 0 saturated heterocycles. The summed E-state index contributed by atoms with van der Waals surface area (Å²) in [4.78, 5) is 48.2. The third-order valence-corrected chi connectivity index (χ3v) is 4.52. The number of aliphatic carboxylic acids is 1. The number of unbranched alkanes of at least 4 members (excludes halogenated alkanes) is 1. The van der Waals surface area contributed by atoms with Crippen LogP contribution in [0.1, 0.15) is 33.1 Å². The van der Waals surface area contributed by atoms with Crippen LogP contribution < -0.4 is 27.4 Å². The summed E-state index contributed by atoms with van der Waals surface area (Å²) in [5.74, 6) is -3.70. The molecule has 29 heavy (non-hydrogen) atoms. The lowest BCUT2D eigenvalue weighted by molar-refractivity contribution is -0.143. The first-order valence-corrected chi connectivity index (χ1v) is 10.0. The molecule has 168 valence electrons. The Bertz CT molecular complexity index is 562. The molecule has 0 aromatic rings. The fourth-order valence-corrected chi connectivity index (χ4v) is 2.61. The molecule has 0 aromatic carbocycles. The Hall–Kier alpha value is -1.89. The molecule has 12 heteroatoms. The second kappa shape index (κ2) is 14.1. The van der Waals surface area contributed by atoms with E-state index >= 15 is 0 Å². The van der Waals surface area contributed by atoms with Crippen LogP contribution in [0.4, 0.5) is 0 Å². The SMILES string of the molecule is CC(C)C(NC(=O)C(CS)NC(=O)C(CCCCN)NC(=O)C(N)CO)C(=O)O. The lowest BCUT2D eigenvalue weighted by atomic mass is 10.0. The van der Waals surface area contributed by atoms with Crippen molar-refractivity contribution in [1.82, 2.24) is 16.0 Å². The summed E-state index contributed by atoms with van der Waals surface area (Å²) in [7, 11) is 0. The molecule has 0 heterocycles. The molecular formula is C17H33N5O6S. The Labute approximate surface area is 175 Å². The summed E-state index contributed by atoms with van der Waals surface area (Å²) in [6.07, 6.45) is 1.41. The van der Waals surface area contributed by atoms with E-state index in [0.717, 1.165) is 0 Å². The number of carboxylic acid groups (broad SMARTS) is 1. The predicted molar refractivity (Wildman–Crippen MR) is 110 cm³/mol. The lowest BCUT2D eigenvalue weighted by Crippen LogP contribution is -2.58. The summed E-state index contributed by atoms with van der Waals surface area (Å²) in [5, 5.41) is 25.5. The molecule has 4 unspecified atom stereocenters. The van der Waals surface area contributed by atoms with Crippen molar-refractivity contribution in [2.24, 2.45) is 17.4 Å². The number of nitrogens with one attached hydrogen (secondary N) is 3. The van der Waals surface area contributed by atoms with Crippen molar-refractivity contribution < 1.29 is 29.4 Å². The first-order chi connectivity index (χ1) is 13.6. The van der Waals surface area contributed by atoms with Crippen LogP contribution >= 0.6 is 12.6 Å². The molecule has 3 amide bonds. The highest BCUT2D eigenvalue weighted by molar-refractivity contribution is 7.80. The van der Waals surface area contributed by atoms with Crippen molar-refractivity contribution in [2.45, 2.75) is 57.3 Å². The lowest BCUT2D eigenvalue weighted by Gasteiger charge is -2.25. The Morgan fingerprint density at radius 1 is 0.966 bits per heavy atom. The molecular weight excluding hydrogens is 402 g/mol. The van der Waals surface area contributed by atoms with Crippen molar-refractivity contribution >= 4 is 36.3 Å². The fourth-order valence-electron chi connectivity index (χ4n) is 2.36. The van der Waals surface area contributed by atoms with E-state index in [2.05, 4.69) is 28.6 Å². The van der Waals surface area contributed by atoms with E-state index in [4.69, 9.17) is 16.6 Å². The minimum Gasteiger partial charge on any atom is -0.480 e. The number of aliphatic hydroxyl groups excluding tert-OH is 1. The van der Waals surface area contributed by atoms with Crippen LogP contribution in [-0.2, 0) is 19.2 Å². The van der Waals surface area contributed by atoms with E-state index in [9.17, 15) is 24.3 Å². The topological polar surface area (TPSA) is 197 Å². The average molecular weight is 436 g/mol. The number of nitrogens with two attached hydrogens (primary N) is 2. The minimum atomic E-state index is -1.19. The molecule has 0 aliphatic heterocycles. The highest BCUT2D eigenvalue weighted by Gasteiger charge is 2.30. The number of carbonyl (C=O) groups excluding carboxylic acids is 3. The van der Waals surface area contributed by atoms with Gasteiger partial charge in [0.2, 0.25) is 17.7 Å². The number of thiol groups is 1. The number of rotatable bonds is 14. The van der Waals surface area contributed by atoms with Gasteiger partial charge in [0.05, 0.1) is 6.61 Å². The molecule has 4 atom stereocenters. The van der Waals surface area contributed by atoms with Crippen LogP contribution in [0.15, 0.2) is 0 Å². The Kier molecular flexibility index (Phi) is 13.2. The second-order valence-corrected chi connectivity index (χ2v) is 7.31. The van der Waals surface area contributed by atoms with Crippen LogP contribution in [0.25, 0.3) is 0 Å². The van der Waals surface area contributed by atoms with Gasteiger partial charge in [-0.15, -0.1) is 0 Å². The zero-order valence-corrected chi connectivity index (χ0v) is 17.7. The van der Waals surface area contributed by atoms with Crippen LogP contribution in [0, 0.1) is 5.92 Å². The summed E-state index contributed by atoms with van der Waals surface area (Å²) >= 11 is 4.05. The third-order valence-electron chi connectivity index (χ3n) is 4.16. The number of hydrogen-bond donors (Lipinski definition) is 8. The number of hydrogen-bond acceptors (Lipinski definition) is 8. The highest BCUT2D eigenvalue weighted by atomic mass is 32.1. The predicted octanol–water partition coefficient (Wildman–Crippen LogP) is -2.44. The maximum Gasteiger partial charge on any atom is 0.326 e. The monoisotopic (exact) mass is 435 g/mol. The smallest absolute Gasteiger partial charge is 0.326 e. The van der Waals surface area contributed by atoms with Crippen molar-refractivity contribution in [2.75, 3.05) is 18.9 Å². The van der Waals surface area contributed by atoms with Crippen LogP contribution in [0.5, 0.6) is 0 Å². The van der Waals surface area contributed by atoms with Gasteiger partial charge in [-0.1, -0.05) is 13.8 Å². The first-order valence-electron chi connectivity index (χ1n) is 9.40. The highest BCUT2D eigenvalue weighted by Crippen LogP contribution is 2.05. The van der Waals surface area contributed by atoms with E-state index in [0.29, 0.717) is 19.4 Å². The van der Waals surface area contributed by atoms with Gasteiger partial charge in [0.25, 0.3) is 0 Å². The molecule has 0 bridgehead atoms. The van der Waals surface area contributed by atoms with Crippen molar-refractivity contribution in [3.05, 3.63) is 0 Å². The summed E-state index contributed by atoms with van der Waals surface area (Å²) in [6.45, 7) is 3.10. The number of amides is 3. The molecule has 0 fully saturated rings. The van der Waals surface area contributed by atoms with Crippen molar-refractivity contribution in [1.29, 1.82) is 0 Å². The zero-order chi connectivity index (χ0) is 22.6. The van der Waals surface area contributed by atoms with E-state index in [1.807, 2.05) is 0 Å². The van der Waals surface area contributed by atoms with Gasteiger partial charge in [-0.2, -0.15) is 12.6 Å². The van der Waals surface area contributed by atoms with Crippen molar-refractivity contribution in [3.8, 4) is 0 Å². The Balaban J connectivity index is 5.16. The molecule has 0 aliphatic rings. The van der Waals surface area contributed by atoms with E-state index in [-0.39, 0.29) is 18.1 Å². The van der Waals surface area contributed by atoms with Crippen LogP contribution in [0.3, 0.4) is 0 Å². The Morgan fingerprint density at radius 3 is 1.97 bits per heavy atom. The number of aliphatic hydroxyl groups is 1. The van der Waals surface area contributed by atoms with Crippen LogP contribution in [-0.4, -0.2) is 77.0 Å². The summed E-state index contributed by atoms with van der Waals surface area (Å²) < 4.78 is 0. The number of carboxylic acids is 1. The van der Waals surface area contributed by atoms with Gasteiger partial charge in [-0.05, 0) is 31.7 Å². The minimum absolute atomic E-state index is 0.0817. The van der Waals surface area contributed by atoms with Gasteiger partial charge >= 0.3 is 5.97 Å². The average Bonchev–Trinajstić information content (AvgIpc) is 2.67. The molecule has 9 N–H and O–H groups in total. The Morgan fingerprint density at radius 2 is 1.52 bits per heavy atom. The fraction of sp³-hybridized carbons (Fsp3) is 0.765. The molecule has 11 nitrogen and oxygen atoms in total. The largest absolute Gasteiger partial charge is 0.480 e. The normalized spacial score (nSPS) is 15.1.